The third-order valence-electron chi connectivity index (χ3n) is 3.87. The van der Waals surface area contributed by atoms with E-state index in [0.717, 1.165) is 19.3 Å². The number of nitrogens with one attached hydrogen (secondary N) is 1. The quantitative estimate of drug-likeness (QED) is 0.385. The molecule has 0 saturated carbocycles. The molecule has 0 aromatic carbocycles. The Morgan fingerprint density at radius 1 is 1.52 bits per heavy atom. The summed E-state index contributed by atoms with van der Waals surface area (Å²) in [7, 11) is 1.56. The van der Waals surface area contributed by atoms with Gasteiger partial charge in [0.1, 0.15) is 6.04 Å². The van der Waals surface area contributed by atoms with Crippen LogP contribution in [0.1, 0.15) is 39.0 Å². The molecule has 1 rings (SSSR count). The number of rotatable bonds is 8. The van der Waals surface area contributed by atoms with Gasteiger partial charge in [-0.2, -0.15) is 0 Å². The molecule has 1 saturated heterocycles. The minimum absolute atomic E-state index is 0.0285. The van der Waals surface area contributed by atoms with Crippen LogP contribution < -0.4 is 5.32 Å². The first kappa shape index (κ1) is 17.4. The van der Waals surface area contributed by atoms with Crippen LogP contribution in [-0.2, 0) is 14.4 Å². The van der Waals surface area contributed by atoms with E-state index in [2.05, 4.69) is 5.32 Å². The van der Waals surface area contributed by atoms with Crippen molar-refractivity contribution in [2.75, 3.05) is 20.1 Å². The molecule has 3 amide bonds. The van der Waals surface area contributed by atoms with E-state index in [1.165, 1.54) is 0 Å². The summed E-state index contributed by atoms with van der Waals surface area (Å²) in [4.78, 5) is 36.6. The lowest BCUT2D eigenvalue weighted by atomic mass is 9.99. The predicted octanol–water partition coefficient (Wildman–Crippen LogP) is 0.377. The molecule has 2 N–H and O–H groups in total. The summed E-state index contributed by atoms with van der Waals surface area (Å²) < 4.78 is 0. The first-order valence-corrected chi connectivity index (χ1v) is 7.48. The Morgan fingerprint density at radius 3 is 2.81 bits per heavy atom. The smallest absolute Gasteiger partial charge is 0.242 e. The number of nitrogens with zero attached hydrogens (tertiary/aromatic N) is 2. The van der Waals surface area contributed by atoms with Crippen LogP contribution in [0.15, 0.2) is 0 Å². The van der Waals surface area contributed by atoms with Gasteiger partial charge in [0.2, 0.25) is 18.2 Å². The predicted molar refractivity (Wildman–Crippen MR) is 76.4 cm³/mol. The first-order valence-electron chi connectivity index (χ1n) is 7.48. The van der Waals surface area contributed by atoms with Gasteiger partial charge in [0, 0.05) is 13.6 Å². The second-order valence-electron chi connectivity index (χ2n) is 5.37. The summed E-state index contributed by atoms with van der Waals surface area (Å²) in [6.45, 7) is 2.53. The first-order chi connectivity index (χ1) is 10.0. The van der Waals surface area contributed by atoms with Crippen molar-refractivity contribution in [3.63, 3.8) is 0 Å². The third-order valence-corrected chi connectivity index (χ3v) is 3.87. The fourth-order valence-electron chi connectivity index (χ4n) is 2.72. The topological polar surface area (TPSA) is 90.0 Å². The van der Waals surface area contributed by atoms with Gasteiger partial charge in [-0.05, 0) is 19.3 Å². The SMILES string of the molecule is CCCC[C@H](CN(O)C=O)C(=O)N1CCC[C@H]1C(=O)NC. The highest BCUT2D eigenvalue weighted by molar-refractivity contribution is 5.89. The van der Waals surface area contributed by atoms with Gasteiger partial charge in [-0.1, -0.05) is 19.8 Å². The van der Waals surface area contributed by atoms with Crippen molar-refractivity contribution in [3.8, 4) is 0 Å². The highest BCUT2D eigenvalue weighted by Crippen LogP contribution is 2.22. The van der Waals surface area contributed by atoms with Crippen LogP contribution in [0, 0.1) is 5.92 Å². The van der Waals surface area contributed by atoms with Gasteiger partial charge in [0.05, 0.1) is 12.5 Å². The van der Waals surface area contributed by atoms with Gasteiger partial charge in [0.25, 0.3) is 0 Å². The van der Waals surface area contributed by atoms with Gasteiger partial charge in [0.15, 0.2) is 0 Å². The van der Waals surface area contributed by atoms with Crippen LogP contribution in [0.5, 0.6) is 0 Å². The van der Waals surface area contributed by atoms with E-state index in [9.17, 15) is 19.6 Å². The maximum absolute atomic E-state index is 12.6. The molecule has 21 heavy (non-hydrogen) atoms. The Labute approximate surface area is 125 Å². The van der Waals surface area contributed by atoms with E-state index >= 15 is 0 Å². The Balaban J connectivity index is 2.77. The summed E-state index contributed by atoms with van der Waals surface area (Å²) >= 11 is 0. The van der Waals surface area contributed by atoms with E-state index in [1.54, 1.807) is 11.9 Å². The molecule has 1 aliphatic heterocycles. The van der Waals surface area contributed by atoms with E-state index in [0.29, 0.717) is 30.9 Å². The number of carbonyl (C=O) groups is 3. The van der Waals surface area contributed by atoms with Crippen molar-refractivity contribution in [1.29, 1.82) is 0 Å². The fraction of sp³-hybridized carbons (Fsp3) is 0.786. The van der Waals surface area contributed by atoms with E-state index < -0.39 is 12.0 Å². The molecule has 0 aliphatic carbocycles. The van der Waals surface area contributed by atoms with Crippen molar-refractivity contribution < 1.29 is 19.6 Å². The molecule has 1 fully saturated rings. The molecule has 7 nitrogen and oxygen atoms in total. The highest BCUT2D eigenvalue weighted by atomic mass is 16.5. The lowest BCUT2D eigenvalue weighted by Crippen LogP contribution is -2.48. The molecule has 0 bridgehead atoms. The molecule has 120 valence electrons. The Morgan fingerprint density at radius 2 is 2.24 bits per heavy atom. The number of likely N-dealkylation sites (N-methyl/N-ethyl adjacent to an activating group) is 1. The molecule has 0 spiro atoms. The zero-order valence-corrected chi connectivity index (χ0v) is 12.7. The van der Waals surface area contributed by atoms with Gasteiger partial charge >= 0.3 is 0 Å². The minimum atomic E-state index is -0.467. The van der Waals surface area contributed by atoms with Crippen LogP contribution in [0.25, 0.3) is 0 Å². The zero-order valence-electron chi connectivity index (χ0n) is 12.7. The molecule has 0 unspecified atom stereocenters. The Kier molecular flexibility index (Phi) is 7.14. The summed E-state index contributed by atoms with van der Waals surface area (Å²) in [6.07, 6.45) is 4.10. The molecule has 1 heterocycles. The summed E-state index contributed by atoms with van der Waals surface area (Å²) in [5, 5.41) is 12.4. The van der Waals surface area contributed by atoms with Crippen molar-refractivity contribution in [2.45, 2.75) is 45.1 Å². The van der Waals surface area contributed by atoms with E-state index in [1.807, 2.05) is 6.92 Å². The third kappa shape index (κ3) is 4.70. The lowest BCUT2D eigenvalue weighted by molar-refractivity contribution is -0.158. The maximum Gasteiger partial charge on any atom is 0.242 e. The van der Waals surface area contributed by atoms with Crippen LogP contribution >= 0.6 is 0 Å². The summed E-state index contributed by atoms with van der Waals surface area (Å²) in [6, 6.07) is -0.435. The van der Waals surface area contributed by atoms with Crippen molar-refractivity contribution in [1.82, 2.24) is 15.3 Å². The normalized spacial score (nSPS) is 19.2. The Bertz CT molecular complexity index is 375. The number of hydrogen-bond acceptors (Lipinski definition) is 4. The van der Waals surface area contributed by atoms with Gasteiger partial charge in [-0.15, -0.1) is 0 Å². The van der Waals surface area contributed by atoms with Gasteiger partial charge in [-0.25, -0.2) is 5.06 Å². The monoisotopic (exact) mass is 299 g/mol. The Hall–Kier alpha value is -1.63. The molecular formula is C14H25N3O4. The second-order valence-corrected chi connectivity index (χ2v) is 5.37. The zero-order chi connectivity index (χ0) is 15.8. The lowest BCUT2D eigenvalue weighted by Gasteiger charge is -2.28. The van der Waals surface area contributed by atoms with E-state index in [4.69, 9.17) is 0 Å². The average Bonchev–Trinajstić information content (AvgIpc) is 2.98. The molecule has 0 aromatic rings. The maximum atomic E-state index is 12.6. The standard InChI is InChI=1S/C14H25N3O4/c1-3-4-6-11(9-16(21)10-18)14(20)17-8-5-7-12(17)13(19)15-2/h10-12,21H,3-9H2,1-2H3,(H,15,19)/t11-,12+/m1/s1. The van der Waals surface area contributed by atoms with Crippen LogP contribution in [0.4, 0.5) is 0 Å². The minimum Gasteiger partial charge on any atom is -0.357 e. The van der Waals surface area contributed by atoms with Gasteiger partial charge < -0.3 is 10.2 Å². The van der Waals surface area contributed by atoms with Crippen LogP contribution in [0.2, 0.25) is 0 Å². The number of hydroxylamine groups is 2. The number of hydrogen-bond donors (Lipinski definition) is 2. The van der Waals surface area contributed by atoms with Crippen molar-refractivity contribution in [2.24, 2.45) is 5.92 Å². The highest BCUT2D eigenvalue weighted by Gasteiger charge is 2.36. The molecule has 7 heteroatoms. The van der Waals surface area contributed by atoms with Crippen molar-refractivity contribution in [3.05, 3.63) is 0 Å². The van der Waals surface area contributed by atoms with Crippen LogP contribution in [0.3, 0.4) is 0 Å². The average molecular weight is 299 g/mol. The largest absolute Gasteiger partial charge is 0.357 e. The molecule has 2 atom stereocenters. The number of unbranched alkanes of at least 4 members (excludes halogenated alkanes) is 1. The molecule has 0 radical (unpaired) electrons. The second kappa shape index (κ2) is 8.61. The molecule has 0 aromatic heterocycles. The fourth-order valence-corrected chi connectivity index (χ4v) is 2.72. The molecular weight excluding hydrogens is 274 g/mol. The molecule has 1 aliphatic rings. The summed E-state index contributed by atoms with van der Waals surface area (Å²) in [5.74, 6) is -0.785. The van der Waals surface area contributed by atoms with Gasteiger partial charge in [-0.3, -0.25) is 19.6 Å². The number of amides is 3. The van der Waals surface area contributed by atoms with Crippen LogP contribution in [-0.4, -0.2) is 59.6 Å². The number of carbonyl (C=O) groups excluding carboxylic acids is 3. The van der Waals surface area contributed by atoms with Crippen molar-refractivity contribution >= 4 is 18.2 Å². The van der Waals surface area contributed by atoms with E-state index in [-0.39, 0.29) is 18.4 Å². The summed E-state index contributed by atoms with van der Waals surface area (Å²) in [5.41, 5.74) is 0. The number of likely N-dealkylation sites (tertiary alicyclic amines) is 1.